The van der Waals surface area contributed by atoms with Crippen molar-refractivity contribution in [2.75, 3.05) is 26.8 Å². The van der Waals surface area contributed by atoms with Gasteiger partial charge in [0, 0.05) is 13.1 Å². The summed E-state index contributed by atoms with van der Waals surface area (Å²) in [5, 5.41) is 0. The minimum atomic E-state index is -4.57. The zero-order valence-corrected chi connectivity index (χ0v) is 11.1. The Balaban J connectivity index is 4.39. The third-order valence-electron chi connectivity index (χ3n) is 2.02. The Morgan fingerprint density at radius 1 is 1.26 bits per heavy atom. The third kappa shape index (κ3) is 9.15. The molecule has 0 aromatic heterocycles. The number of alkyl halides is 3. The zero-order chi connectivity index (χ0) is 15.1. The van der Waals surface area contributed by atoms with Gasteiger partial charge < -0.3 is 14.4 Å². The summed E-state index contributed by atoms with van der Waals surface area (Å²) in [5.41, 5.74) is 0. The molecule has 0 fully saturated rings. The molecule has 0 radical (unpaired) electrons. The molecule has 0 aliphatic heterocycles. The van der Waals surface area contributed by atoms with Crippen molar-refractivity contribution in [2.45, 2.75) is 26.4 Å². The highest BCUT2D eigenvalue weighted by Crippen LogP contribution is 2.15. The van der Waals surface area contributed by atoms with Crippen molar-refractivity contribution in [2.24, 2.45) is 5.92 Å². The van der Waals surface area contributed by atoms with E-state index >= 15 is 0 Å². The first-order valence-electron chi connectivity index (χ1n) is 5.71. The molecule has 0 spiro atoms. The van der Waals surface area contributed by atoms with E-state index in [2.05, 4.69) is 9.47 Å². The number of hydrogen-bond donors (Lipinski definition) is 0. The van der Waals surface area contributed by atoms with Gasteiger partial charge in [0.2, 0.25) is 0 Å². The van der Waals surface area contributed by atoms with E-state index < -0.39 is 24.8 Å². The number of esters is 1. The van der Waals surface area contributed by atoms with E-state index in [-0.39, 0.29) is 25.4 Å². The normalized spacial score (nSPS) is 11.3. The van der Waals surface area contributed by atoms with Gasteiger partial charge in [0.15, 0.2) is 6.61 Å². The van der Waals surface area contributed by atoms with Crippen LogP contribution in [0.15, 0.2) is 0 Å². The molecule has 1 amide bonds. The van der Waals surface area contributed by atoms with E-state index in [0.29, 0.717) is 0 Å². The summed E-state index contributed by atoms with van der Waals surface area (Å²) in [7, 11) is 1.19. The Kier molecular flexibility index (Phi) is 7.25. The van der Waals surface area contributed by atoms with E-state index in [4.69, 9.17) is 0 Å². The largest absolute Gasteiger partial charge is 0.469 e. The highest BCUT2D eigenvalue weighted by Gasteiger charge is 2.31. The molecule has 8 heteroatoms. The van der Waals surface area contributed by atoms with Crippen LogP contribution in [0.1, 0.15) is 20.3 Å². The zero-order valence-electron chi connectivity index (χ0n) is 11.1. The van der Waals surface area contributed by atoms with Gasteiger partial charge in [-0.3, -0.25) is 4.79 Å². The van der Waals surface area contributed by atoms with Crippen LogP contribution in [-0.4, -0.2) is 49.9 Å². The molecule has 0 bridgehead atoms. The lowest BCUT2D eigenvalue weighted by Gasteiger charge is -2.23. The molecule has 19 heavy (non-hydrogen) atoms. The molecule has 0 aliphatic carbocycles. The Hall–Kier alpha value is -1.47. The first kappa shape index (κ1) is 17.5. The fourth-order valence-electron chi connectivity index (χ4n) is 1.26. The van der Waals surface area contributed by atoms with Gasteiger partial charge >= 0.3 is 18.2 Å². The maximum atomic E-state index is 11.9. The van der Waals surface area contributed by atoms with Crippen molar-refractivity contribution in [3.05, 3.63) is 0 Å². The quantitative estimate of drug-likeness (QED) is 0.702. The number of ether oxygens (including phenoxy) is 2. The molecule has 5 nitrogen and oxygen atoms in total. The van der Waals surface area contributed by atoms with Crippen molar-refractivity contribution in [1.82, 2.24) is 4.90 Å². The first-order chi connectivity index (χ1) is 8.65. The topological polar surface area (TPSA) is 55.8 Å². The van der Waals surface area contributed by atoms with Crippen LogP contribution < -0.4 is 0 Å². The molecule has 0 heterocycles. The number of nitrogens with zero attached hydrogens (tertiary/aromatic N) is 1. The summed E-state index contributed by atoms with van der Waals surface area (Å²) in [6.07, 6.45) is -5.75. The standard InChI is InChI=1S/C11H18F3NO4/c1-8(2)6-15(5-4-9(16)18-3)10(17)19-7-11(12,13)14/h8H,4-7H2,1-3H3. The molecule has 0 aromatic rings. The SMILES string of the molecule is COC(=O)CCN(CC(C)C)C(=O)OCC(F)(F)F. The Bertz CT molecular complexity index is 305. The Labute approximate surface area is 109 Å². The van der Waals surface area contributed by atoms with Crippen molar-refractivity contribution in [3.8, 4) is 0 Å². The van der Waals surface area contributed by atoms with Crippen molar-refractivity contribution >= 4 is 12.1 Å². The van der Waals surface area contributed by atoms with Gasteiger partial charge in [-0.1, -0.05) is 13.8 Å². The average molecular weight is 285 g/mol. The van der Waals surface area contributed by atoms with E-state index in [1.54, 1.807) is 13.8 Å². The summed E-state index contributed by atoms with van der Waals surface area (Å²) in [6, 6.07) is 0. The smallest absolute Gasteiger partial charge is 0.422 e. The molecular weight excluding hydrogens is 267 g/mol. The van der Waals surface area contributed by atoms with Gasteiger partial charge in [0.1, 0.15) is 0 Å². The highest BCUT2D eigenvalue weighted by molar-refractivity contribution is 5.71. The summed E-state index contributed by atoms with van der Waals surface area (Å²) < 4.78 is 44.4. The van der Waals surface area contributed by atoms with Crippen LogP contribution in [0.4, 0.5) is 18.0 Å². The van der Waals surface area contributed by atoms with E-state index in [0.717, 1.165) is 4.90 Å². The van der Waals surface area contributed by atoms with Crippen LogP contribution in [0.3, 0.4) is 0 Å². The maximum absolute atomic E-state index is 11.9. The van der Waals surface area contributed by atoms with E-state index in [9.17, 15) is 22.8 Å². The fraction of sp³-hybridized carbons (Fsp3) is 0.818. The van der Waals surface area contributed by atoms with Crippen LogP contribution in [0, 0.1) is 5.92 Å². The lowest BCUT2D eigenvalue weighted by molar-refractivity contribution is -0.162. The van der Waals surface area contributed by atoms with Gasteiger partial charge in [0.05, 0.1) is 13.5 Å². The number of hydrogen-bond acceptors (Lipinski definition) is 4. The first-order valence-corrected chi connectivity index (χ1v) is 5.71. The van der Waals surface area contributed by atoms with Gasteiger partial charge in [-0.2, -0.15) is 13.2 Å². The molecule has 112 valence electrons. The molecule has 0 rings (SSSR count). The number of amides is 1. The molecule has 0 saturated heterocycles. The van der Waals surface area contributed by atoms with Crippen LogP contribution in [0.5, 0.6) is 0 Å². The second kappa shape index (κ2) is 7.85. The minimum Gasteiger partial charge on any atom is -0.469 e. The number of carbonyl (C=O) groups excluding carboxylic acids is 2. The highest BCUT2D eigenvalue weighted by atomic mass is 19.4. The summed E-state index contributed by atoms with van der Waals surface area (Å²) in [5.74, 6) is -0.506. The number of halogens is 3. The molecule has 0 unspecified atom stereocenters. The molecular formula is C11H18F3NO4. The minimum absolute atomic E-state index is 0.0380. The van der Waals surface area contributed by atoms with Crippen LogP contribution in [0.2, 0.25) is 0 Å². The maximum Gasteiger partial charge on any atom is 0.422 e. The summed E-state index contributed by atoms with van der Waals surface area (Å²) in [4.78, 5) is 23.5. The lowest BCUT2D eigenvalue weighted by Crippen LogP contribution is -2.38. The van der Waals surface area contributed by atoms with Gasteiger partial charge in [-0.25, -0.2) is 4.79 Å². The average Bonchev–Trinajstić information content (AvgIpc) is 2.29. The molecule has 0 saturated carbocycles. The van der Waals surface area contributed by atoms with Crippen molar-refractivity contribution in [1.29, 1.82) is 0 Å². The van der Waals surface area contributed by atoms with Gasteiger partial charge in [0.25, 0.3) is 0 Å². The monoisotopic (exact) mass is 285 g/mol. The van der Waals surface area contributed by atoms with E-state index in [1.165, 1.54) is 7.11 Å². The van der Waals surface area contributed by atoms with Crippen LogP contribution in [-0.2, 0) is 14.3 Å². The van der Waals surface area contributed by atoms with E-state index in [1.807, 2.05) is 0 Å². The number of methoxy groups -OCH3 is 1. The van der Waals surface area contributed by atoms with Crippen LogP contribution >= 0.6 is 0 Å². The predicted molar refractivity (Wildman–Crippen MR) is 60.4 cm³/mol. The number of carbonyl (C=O) groups is 2. The summed E-state index contributed by atoms with van der Waals surface area (Å²) in [6.45, 7) is 2.11. The Morgan fingerprint density at radius 3 is 2.26 bits per heavy atom. The molecule has 0 aromatic carbocycles. The van der Waals surface area contributed by atoms with Crippen molar-refractivity contribution < 1.29 is 32.2 Å². The van der Waals surface area contributed by atoms with Crippen LogP contribution in [0.25, 0.3) is 0 Å². The predicted octanol–water partition coefficient (Wildman–Crippen LogP) is 2.21. The second-order valence-electron chi connectivity index (χ2n) is 4.34. The van der Waals surface area contributed by atoms with Gasteiger partial charge in [-0.15, -0.1) is 0 Å². The third-order valence-corrected chi connectivity index (χ3v) is 2.02. The fourth-order valence-corrected chi connectivity index (χ4v) is 1.26. The summed E-state index contributed by atoms with van der Waals surface area (Å²) >= 11 is 0. The lowest BCUT2D eigenvalue weighted by atomic mass is 10.2. The molecule has 0 aliphatic rings. The number of rotatable bonds is 6. The second-order valence-corrected chi connectivity index (χ2v) is 4.34. The molecule has 0 atom stereocenters. The molecule has 0 N–H and O–H groups in total. The van der Waals surface area contributed by atoms with Gasteiger partial charge in [-0.05, 0) is 5.92 Å². The Morgan fingerprint density at radius 2 is 1.84 bits per heavy atom. The van der Waals surface area contributed by atoms with Crippen molar-refractivity contribution in [3.63, 3.8) is 0 Å².